The van der Waals surface area contributed by atoms with Crippen LogP contribution < -0.4 is 15.1 Å². The van der Waals surface area contributed by atoms with Gasteiger partial charge in [0.05, 0.1) is 6.42 Å². The number of nitrogens with zero attached hydrogens (tertiary/aromatic N) is 4. The van der Waals surface area contributed by atoms with Gasteiger partial charge in [0.25, 0.3) is 5.91 Å². The molecular formula is C18H21N5O4. The molecule has 1 saturated heterocycles. The molecule has 1 aliphatic heterocycles. The Morgan fingerprint density at radius 2 is 1.67 bits per heavy atom. The van der Waals surface area contributed by atoms with Gasteiger partial charge in [-0.15, -0.1) is 0 Å². The van der Waals surface area contributed by atoms with Crippen LogP contribution >= 0.6 is 0 Å². The molecule has 0 unspecified atom stereocenters. The summed E-state index contributed by atoms with van der Waals surface area (Å²) in [6.45, 7) is 3.43. The van der Waals surface area contributed by atoms with E-state index in [1.165, 1.54) is 0 Å². The SMILES string of the molecule is O=C(CCNC(=O)c1ccc(N2CCN(c3ncccn3)CC2)cc1)OO. The van der Waals surface area contributed by atoms with E-state index in [0.29, 0.717) is 5.56 Å². The molecule has 9 nitrogen and oxygen atoms in total. The van der Waals surface area contributed by atoms with Crippen LogP contribution in [0.5, 0.6) is 0 Å². The summed E-state index contributed by atoms with van der Waals surface area (Å²) < 4.78 is 0. The minimum Gasteiger partial charge on any atom is -0.368 e. The smallest absolute Gasteiger partial charge is 0.343 e. The summed E-state index contributed by atoms with van der Waals surface area (Å²) in [7, 11) is 0. The van der Waals surface area contributed by atoms with Crippen molar-refractivity contribution in [2.24, 2.45) is 0 Å². The number of amides is 1. The fraction of sp³-hybridized carbons (Fsp3) is 0.333. The minimum absolute atomic E-state index is 0.0876. The van der Waals surface area contributed by atoms with Crippen LogP contribution in [-0.2, 0) is 9.68 Å². The van der Waals surface area contributed by atoms with Gasteiger partial charge in [-0.2, -0.15) is 5.26 Å². The molecular weight excluding hydrogens is 350 g/mol. The van der Waals surface area contributed by atoms with Crippen molar-refractivity contribution in [3.05, 3.63) is 48.3 Å². The Balaban J connectivity index is 1.50. The van der Waals surface area contributed by atoms with E-state index in [2.05, 4.69) is 30.0 Å². The van der Waals surface area contributed by atoms with E-state index >= 15 is 0 Å². The average molecular weight is 371 g/mol. The van der Waals surface area contributed by atoms with E-state index in [-0.39, 0.29) is 18.9 Å². The van der Waals surface area contributed by atoms with E-state index < -0.39 is 5.97 Å². The van der Waals surface area contributed by atoms with Gasteiger partial charge >= 0.3 is 5.97 Å². The molecule has 2 heterocycles. The largest absolute Gasteiger partial charge is 0.368 e. The van der Waals surface area contributed by atoms with Gasteiger partial charge in [0.15, 0.2) is 0 Å². The number of hydrogen-bond acceptors (Lipinski definition) is 8. The lowest BCUT2D eigenvalue weighted by atomic mass is 10.1. The third kappa shape index (κ3) is 4.91. The third-order valence-corrected chi connectivity index (χ3v) is 4.33. The Hall–Kier alpha value is -3.20. The standard InChI is InChI=1S/C18H21N5O4/c24-16(27-26)6-9-19-17(25)14-2-4-15(5-3-14)22-10-12-23(13-11-22)18-20-7-1-8-21-18/h1-5,7-8,26H,6,9-13H2,(H,19,25). The van der Waals surface area contributed by atoms with Crippen molar-refractivity contribution in [1.82, 2.24) is 15.3 Å². The number of benzene rings is 1. The molecule has 0 bridgehead atoms. The van der Waals surface area contributed by atoms with E-state index in [0.717, 1.165) is 37.8 Å². The van der Waals surface area contributed by atoms with Gasteiger partial charge in [-0.05, 0) is 30.3 Å². The van der Waals surface area contributed by atoms with Gasteiger partial charge in [-0.25, -0.2) is 14.8 Å². The van der Waals surface area contributed by atoms with Crippen LogP contribution in [0.2, 0.25) is 0 Å². The second kappa shape index (κ2) is 8.95. The van der Waals surface area contributed by atoms with Crippen LogP contribution in [0.1, 0.15) is 16.8 Å². The van der Waals surface area contributed by atoms with Crippen LogP contribution in [0.25, 0.3) is 0 Å². The van der Waals surface area contributed by atoms with Gasteiger partial charge in [0, 0.05) is 56.4 Å². The molecule has 1 aromatic heterocycles. The molecule has 0 spiro atoms. The Morgan fingerprint density at radius 1 is 1.04 bits per heavy atom. The van der Waals surface area contributed by atoms with Gasteiger partial charge in [0.2, 0.25) is 5.95 Å². The fourth-order valence-electron chi connectivity index (χ4n) is 2.87. The molecule has 0 saturated carbocycles. The Kier molecular flexibility index (Phi) is 6.16. The van der Waals surface area contributed by atoms with Crippen LogP contribution in [0.3, 0.4) is 0 Å². The highest BCUT2D eigenvalue weighted by Crippen LogP contribution is 2.19. The van der Waals surface area contributed by atoms with Crippen molar-refractivity contribution in [1.29, 1.82) is 0 Å². The number of rotatable bonds is 6. The summed E-state index contributed by atoms with van der Waals surface area (Å²) in [5, 5.41) is 10.8. The van der Waals surface area contributed by atoms with Crippen molar-refractivity contribution in [2.75, 3.05) is 42.5 Å². The maximum Gasteiger partial charge on any atom is 0.343 e. The van der Waals surface area contributed by atoms with E-state index in [4.69, 9.17) is 5.26 Å². The average Bonchev–Trinajstić information content (AvgIpc) is 2.74. The number of nitrogens with one attached hydrogen (secondary N) is 1. The molecule has 9 heteroatoms. The maximum absolute atomic E-state index is 12.0. The van der Waals surface area contributed by atoms with E-state index in [1.54, 1.807) is 30.6 Å². The second-order valence-electron chi connectivity index (χ2n) is 6.04. The van der Waals surface area contributed by atoms with Crippen molar-refractivity contribution < 1.29 is 19.7 Å². The molecule has 1 aromatic carbocycles. The molecule has 1 aliphatic rings. The number of carbonyl (C=O) groups is 2. The third-order valence-electron chi connectivity index (χ3n) is 4.33. The van der Waals surface area contributed by atoms with Crippen LogP contribution in [0, 0.1) is 0 Å². The van der Waals surface area contributed by atoms with Gasteiger partial charge < -0.3 is 20.0 Å². The van der Waals surface area contributed by atoms with Crippen molar-refractivity contribution in [3.8, 4) is 0 Å². The van der Waals surface area contributed by atoms with Gasteiger partial charge in [-0.3, -0.25) is 4.79 Å². The first-order chi connectivity index (χ1) is 13.2. The molecule has 2 aromatic rings. The molecule has 1 fully saturated rings. The summed E-state index contributed by atoms with van der Waals surface area (Å²) in [6, 6.07) is 9.12. The zero-order chi connectivity index (χ0) is 19.1. The Labute approximate surface area is 156 Å². The molecule has 142 valence electrons. The zero-order valence-electron chi connectivity index (χ0n) is 14.7. The highest BCUT2D eigenvalue weighted by atomic mass is 17.1. The van der Waals surface area contributed by atoms with E-state index in [9.17, 15) is 9.59 Å². The van der Waals surface area contributed by atoms with Crippen LogP contribution in [-0.4, -0.2) is 59.8 Å². The summed E-state index contributed by atoms with van der Waals surface area (Å²) >= 11 is 0. The van der Waals surface area contributed by atoms with Crippen LogP contribution in [0.15, 0.2) is 42.7 Å². The lowest BCUT2D eigenvalue weighted by Crippen LogP contribution is -2.47. The summed E-state index contributed by atoms with van der Waals surface area (Å²) in [5.41, 5.74) is 1.55. The van der Waals surface area contributed by atoms with E-state index in [1.807, 2.05) is 12.1 Å². The number of carbonyl (C=O) groups excluding carboxylic acids is 2. The first-order valence-corrected chi connectivity index (χ1v) is 8.67. The number of anilines is 2. The maximum atomic E-state index is 12.0. The highest BCUT2D eigenvalue weighted by molar-refractivity contribution is 5.94. The molecule has 3 rings (SSSR count). The summed E-state index contributed by atoms with van der Waals surface area (Å²) in [6.07, 6.45) is 3.40. The van der Waals surface area contributed by atoms with Gasteiger partial charge in [0.1, 0.15) is 0 Å². The van der Waals surface area contributed by atoms with Crippen molar-refractivity contribution in [2.45, 2.75) is 6.42 Å². The van der Waals surface area contributed by atoms with Crippen molar-refractivity contribution >= 4 is 23.5 Å². The minimum atomic E-state index is -0.786. The first-order valence-electron chi connectivity index (χ1n) is 8.67. The predicted octanol–water partition coefficient (Wildman–Crippen LogP) is 0.939. The summed E-state index contributed by atoms with van der Waals surface area (Å²) in [5.74, 6) is -0.321. The molecule has 2 N–H and O–H groups in total. The van der Waals surface area contributed by atoms with Gasteiger partial charge in [-0.1, -0.05) is 0 Å². The quantitative estimate of drug-likeness (QED) is 0.571. The summed E-state index contributed by atoms with van der Waals surface area (Å²) in [4.78, 5) is 39.4. The molecule has 27 heavy (non-hydrogen) atoms. The lowest BCUT2D eigenvalue weighted by molar-refractivity contribution is -0.234. The normalized spacial score (nSPS) is 14.0. The zero-order valence-corrected chi connectivity index (χ0v) is 14.7. The molecule has 0 aliphatic carbocycles. The first kappa shape index (κ1) is 18.6. The number of aromatic nitrogens is 2. The second-order valence-corrected chi connectivity index (χ2v) is 6.04. The predicted molar refractivity (Wildman–Crippen MR) is 98.6 cm³/mol. The van der Waals surface area contributed by atoms with Crippen molar-refractivity contribution in [3.63, 3.8) is 0 Å². The topological polar surface area (TPSA) is 108 Å². The fourth-order valence-corrected chi connectivity index (χ4v) is 2.87. The number of piperazine rings is 1. The lowest BCUT2D eigenvalue weighted by Gasteiger charge is -2.36. The molecule has 1 amide bonds. The number of hydrogen-bond donors (Lipinski definition) is 2. The molecule has 0 atom stereocenters. The molecule has 0 radical (unpaired) electrons. The van der Waals surface area contributed by atoms with Crippen LogP contribution in [0.4, 0.5) is 11.6 Å². The Morgan fingerprint density at radius 3 is 2.30 bits per heavy atom. The monoisotopic (exact) mass is 371 g/mol. The Bertz CT molecular complexity index is 761. The highest BCUT2D eigenvalue weighted by Gasteiger charge is 2.19.